The summed E-state index contributed by atoms with van der Waals surface area (Å²) in [7, 11) is 1.63. The van der Waals surface area contributed by atoms with E-state index in [9.17, 15) is 4.79 Å². The number of nitrogens with zero attached hydrogens (tertiary/aromatic N) is 4. The number of nitrogens with one attached hydrogen (secondary N) is 2. The van der Waals surface area contributed by atoms with Gasteiger partial charge in [-0.2, -0.15) is 5.10 Å². The minimum atomic E-state index is -0.236. The molecule has 2 N–H and O–H groups in total. The number of methoxy groups -OCH3 is 1. The number of hydrogen-bond donors (Lipinski definition) is 2. The van der Waals surface area contributed by atoms with E-state index in [-0.39, 0.29) is 11.7 Å². The lowest BCUT2D eigenvalue weighted by Crippen LogP contribution is -2.20. The summed E-state index contributed by atoms with van der Waals surface area (Å²) in [5.74, 6) is 1.34. The Morgan fingerprint density at radius 1 is 1.06 bits per heavy atom. The third kappa shape index (κ3) is 4.95. The number of benzene rings is 3. The minimum absolute atomic E-state index is 0.138. The molecule has 0 spiro atoms. The van der Waals surface area contributed by atoms with Crippen molar-refractivity contribution in [2.24, 2.45) is 5.10 Å². The molecule has 35 heavy (non-hydrogen) atoms. The van der Waals surface area contributed by atoms with Crippen molar-refractivity contribution in [3.8, 4) is 22.8 Å². The third-order valence-electron chi connectivity index (χ3n) is 5.34. The first-order valence-corrected chi connectivity index (χ1v) is 11.9. The van der Waals surface area contributed by atoms with Gasteiger partial charge in [-0.3, -0.25) is 9.36 Å². The van der Waals surface area contributed by atoms with Crippen molar-refractivity contribution in [1.82, 2.24) is 25.2 Å². The number of amides is 1. The number of hydrazone groups is 1. The Hall–Kier alpha value is -4.37. The molecule has 174 valence electrons. The van der Waals surface area contributed by atoms with Gasteiger partial charge in [0.15, 0.2) is 11.0 Å². The van der Waals surface area contributed by atoms with Crippen molar-refractivity contribution in [2.45, 2.75) is 5.16 Å². The maximum Gasteiger partial charge on any atom is 0.250 e. The predicted molar refractivity (Wildman–Crippen MR) is 138 cm³/mol. The Balaban J connectivity index is 1.31. The Bertz CT molecular complexity index is 1480. The number of carbonyl (C=O) groups excluding carboxylic acids is 1. The van der Waals surface area contributed by atoms with Crippen LogP contribution in [0, 0.1) is 0 Å². The number of para-hydroxylation sites is 2. The maximum absolute atomic E-state index is 12.5. The van der Waals surface area contributed by atoms with E-state index in [1.54, 1.807) is 13.3 Å². The van der Waals surface area contributed by atoms with Crippen LogP contribution in [0.15, 0.2) is 95.3 Å². The van der Waals surface area contributed by atoms with E-state index in [1.807, 2.05) is 89.6 Å². The third-order valence-corrected chi connectivity index (χ3v) is 6.27. The van der Waals surface area contributed by atoms with Gasteiger partial charge in [0.25, 0.3) is 5.91 Å². The van der Waals surface area contributed by atoms with Crippen LogP contribution in [0.3, 0.4) is 0 Å². The zero-order valence-electron chi connectivity index (χ0n) is 18.9. The van der Waals surface area contributed by atoms with E-state index in [0.29, 0.717) is 11.0 Å². The summed E-state index contributed by atoms with van der Waals surface area (Å²) in [6.45, 7) is 0. The molecule has 2 heterocycles. The molecular weight excluding hydrogens is 460 g/mol. The quantitative estimate of drug-likeness (QED) is 0.190. The molecule has 0 aliphatic rings. The van der Waals surface area contributed by atoms with E-state index in [1.165, 1.54) is 11.8 Å². The normalized spacial score (nSPS) is 11.2. The number of aromatic nitrogens is 4. The zero-order chi connectivity index (χ0) is 24.0. The van der Waals surface area contributed by atoms with Gasteiger partial charge in [-0.25, -0.2) is 5.43 Å². The highest BCUT2D eigenvalue weighted by Crippen LogP contribution is 2.29. The van der Waals surface area contributed by atoms with Crippen LogP contribution in [0.25, 0.3) is 28.0 Å². The molecule has 0 bridgehead atoms. The van der Waals surface area contributed by atoms with Crippen molar-refractivity contribution in [1.29, 1.82) is 0 Å². The number of aromatic amines is 1. The molecular formula is C26H22N6O2S. The first-order chi connectivity index (χ1) is 17.2. The lowest BCUT2D eigenvalue weighted by molar-refractivity contribution is -0.118. The number of ether oxygens (including phenoxy) is 1. The maximum atomic E-state index is 12.5. The summed E-state index contributed by atoms with van der Waals surface area (Å²) in [4.78, 5) is 15.7. The number of fused-ring (bicyclic) bond motifs is 1. The van der Waals surface area contributed by atoms with Gasteiger partial charge in [-0.05, 0) is 42.5 Å². The fourth-order valence-corrected chi connectivity index (χ4v) is 4.38. The van der Waals surface area contributed by atoms with Crippen LogP contribution < -0.4 is 10.2 Å². The van der Waals surface area contributed by atoms with Gasteiger partial charge < -0.3 is 9.72 Å². The molecule has 0 radical (unpaired) electrons. The molecule has 0 unspecified atom stereocenters. The summed E-state index contributed by atoms with van der Waals surface area (Å²) in [5.41, 5.74) is 6.31. The smallest absolute Gasteiger partial charge is 0.250 e. The highest BCUT2D eigenvalue weighted by atomic mass is 32.2. The molecule has 9 heteroatoms. The predicted octanol–water partition coefficient (Wildman–Crippen LogP) is 4.67. The molecule has 0 fully saturated rings. The van der Waals surface area contributed by atoms with Crippen molar-refractivity contribution in [3.63, 3.8) is 0 Å². The van der Waals surface area contributed by atoms with Crippen LogP contribution >= 0.6 is 11.8 Å². The number of thioether (sulfide) groups is 1. The number of H-pyrrole nitrogens is 1. The summed E-state index contributed by atoms with van der Waals surface area (Å²) in [6.07, 6.45) is 3.49. The van der Waals surface area contributed by atoms with E-state index in [0.717, 1.165) is 33.5 Å². The molecule has 1 amide bonds. The van der Waals surface area contributed by atoms with E-state index in [2.05, 4.69) is 25.7 Å². The molecule has 0 aliphatic carbocycles. The zero-order valence-corrected chi connectivity index (χ0v) is 19.7. The monoisotopic (exact) mass is 482 g/mol. The molecule has 3 aromatic carbocycles. The van der Waals surface area contributed by atoms with Crippen molar-refractivity contribution < 1.29 is 9.53 Å². The van der Waals surface area contributed by atoms with Gasteiger partial charge in [-0.1, -0.05) is 48.2 Å². The number of hydrogen-bond acceptors (Lipinski definition) is 6. The largest absolute Gasteiger partial charge is 0.497 e. The Morgan fingerprint density at radius 3 is 2.63 bits per heavy atom. The second-order valence-electron chi connectivity index (χ2n) is 7.58. The highest BCUT2D eigenvalue weighted by molar-refractivity contribution is 7.99. The van der Waals surface area contributed by atoms with Gasteiger partial charge in [0.2, 0.25) is 0 Å². The van der Waals surface area contributed by atoms with E-state index < -0.39 is 0 Å². The molecule has 5 rings (SSSR count). The standard InChI is InChI=1S/C26H22N6O2S/c1-34-21-13-11-18(12-14-21)25-30-31-26(32(25)20-7-3-2-4-8-20)35-17-24(33)29-28-16-19-15-27-23-10-6-5-9-22(19)23/h2-16,27H,17H2,1H3,(H,29,33)/b28-16-. The Labute approximate surface area is 206 Å². The van der Waals surface area contributed by atoms with Gasteiger partial charge in [0.1, 0.15) is 5.75 Å². The van der Waals surface area contributed by atoms with Crippen LogP contribution in [0.2, 0.25) is 0 Å². The molecule has 0 atom stereocenters. The van der Waals surface area contributed by atoms with Crippen LogP contribution in [-0.2, 0) is 4.79 Å². The van der Waals surface area contributed by atoms with Crippen LogP contribution in [0.5, 0.6) is 5.75 Å². The summed E-state index contributed by atoms with van der Waals surface area (Å²) in [5, 5.41) is 14.5. The van der Waals surface area contributed by atoms with Gasteiger partial charge in [0, 0.05) is 33.9 Å². The van der Waals surface area contributed by atoms with Crippen molar-refractivity contribution in [3.05, 3.63) is 90.6 Å². The average Bonchev–Trinajstić information content (AvgIpc) is 3.52. The van der Waals surface area contributed by atoms with Crippen LogP contribution in [-0.4, -0.2) is 44.7 Å². The molecule has 0 saturated carbocycles. The van der Waals surface area contributed by atoms with E-state index >= 15 is 0 Å². The lowest BCUT2D eigenvalue weighted by Gasteiger charge is -2.10. The second kappa shape index (κ2) is 10.3. The minimum Gasteiger partial charge on any atom is -0.497 e. The van der Waals surface area contributed by atoms with Gasteiger partial charge in [-0.15, -0.1) is 10.2 Å². The lowest BCUT2D eigenvalue weighted by atomic mass is 10.2. The summed E-state index contributed by atoms with van der Waals surface area (Å²) in [6, 6.07) is 25.4. The molecule has 8 nitrogen and oxygen atoms in total. The highest BCUT2D eigenvalue weighted by Gasteiger charge is 2.17. The second-order valence-corrected chi connectivity index (χ2v) is 8.52. The molecule has 0 saturated heterocycles. The van der Waals surface area contributed by atoms with Gasteiger partial charge in [0.05, 0.1) is 19.1 Å². The molecule has 2 aromatic heterocycles. The van der Waals surface area contributed by atoms with Crippen LogP contribution in [0.4, 0.5) is 0 Å². The van der Waals surface area contributed by atoms with Crippen molar-refractivity contribution >= 4 is 34.8 Å². The average molecular weight is 483 g/mol. The van der Waals surface area contributed by atoms with Gasteiger partial charge >= 0.3 is 0 Å². The molecule has 5 aromatic rings. The summed E-state index contributed by atoms with van der Waals surface area (Å²) < 4.78 is 7.20. The summed E-state index contributed by atoms with van der Waals surface area (Å²) >= 11 is 1.30. The SMILES string of the molecule is COc1ccc(-c2nnc(SCC(=O)N/N=C\c3c[nH]c4ccccc34)n2-c2ccccc2)cc1. The fraction of sp³-hybridized carbons (Fsp3) is 0.0769. The Kier molecular flexibility index (Phi) is 6.58. The fourth-order valence-electron chi connectivity index (χ4n) is 3.64. The van der Waals surface area contributed by atoms with Crippen LogP contribution in [0.1, 0.15) is 5.56 Å². The topological polar surface area (TPSA) is 97.2 Å². The first kappa shape index (κ1) is 22.4. The first-order valence-electron chi connectivity index (χ1n) is 10.9. The number of carbonyl (C=O) groups is 1. The Morgan fingerprint density at radius 2 is 1.83 bits per heavy atom. The van der Waals surface area contributed by atoms with E-state index in [4.69, 9.17) is 4.74 Å². The molecule has 0 aliphatic heterocycles. The number of rotatable bonds is 8. The van der Waals surface area contributed by atoms with Crippen molar-refractivity contribution in [2.75, 3.05) is 12.9 Å².